The molecule has 0 saturated carbocycles. The van der Waals surface area contributed by atoms with Gasteiger partial charge in [-0.05, 0) is 0 Å². The van der Waals surface area contributed by atoms with E-state index in [9.17, 15) is 21.7 Å². The van der Waals surface area contributed by atoms with E-state index < -0.39 is 24.2 Å². The van der Waals surface area contributed by atoms with E-state index in [2.05, 4.69) is 4.98 Å². The summed E-state index contributed by atoms with van der Waals surface area (Å²) in [4.78, 5) is 2.70. The summed E-state index contributed by atoms with van der Waals surface area (Å²) in [6.45, 7) is -5.45. The minimum absolute atomic E-state index is 0. The van der Waals surface area contributed by atoms with Gasteiger partial charge in [0.25, 0.3) is 0 Å². The summed E-state index contributed by atoms with van der Waals surface area (Å²) in [5, 5.41) is 0. The summed E-state index contributed by atoms with van der Waals surface area (Å²) in [7, 11) is 0. The van der Waals surface area contributed by atoms with Crippen molar-refractivity contribution < 1.29 is 73.1 Å². The normalized spacial score (nSPS) is 10.8. The summed E-state index contributed by atoms with van der Waals surface area (Å²) < 4.78 is 59.9. The average Bonchev–Trinajstić information content (AvgIpc) is 1.83. The monoisotopic (exact) mass is 221 g/mol. The minimum atomic E-state index is -5.45. The Hall–Kier alpha value is 0.501. The zero-order chi connectivity index (χ0) is 9.35. The summed E-state index contributed by atoms with van der Waals surface area (Å²) >= 11 is 0. The Morgan fingerprint density at radius 2 is 1.69 bits per heavy atom. The quantitative estimate of drug-likeness (QED) is 0.317. The second-order valence-electron chi connectivity index (χ2n) is 2.10. The number of hydrogen-bond donors (Lipinski definition) is 0. The largest absolute Gasteiger partial charge is 1.00 e. The van der Waals surface area contributed by atoms with Gasteiger partial charge < -0.3 is 12.9 Å². The van der Waals surface area contributed by atoms with Gasteiger partial charge in [-0.1, -0.05) is 5.46 Å². The van der Waals surface area contributed by atoms with E-state index in [1.54, 1.807) is 0 Å². The second kappa shape index (κ2) is 4.83. The number of nitrogens with zero attached hydrogens (tertiary/aromatic N) is 1. The number of halogens is 5. The Morgan fingerprint density at radius 3 is 2.08 bits per heavy atom. The Bertz CT molecular complexity index is 301. The molecular weight excluding hydrogens is 219 g/mol. The number of rotatable bonds is 1. The molecule has 66 valence electrons. The zero-order valence-electron chi connectivity index (χ0n) is 6.57. The molecule has 0 aliphatic heterocycles. The molecule has 0 fully saturated rings. The molecule has 1 rings (SSSR count). The second-order valence-corrected chi connectivity index (χ2v) is 2.10. The molecule has 0 bridgehead atoms. The first-order chi connectivity index (χ1) is 5.41. The third kappa shape index (κ3) is 3.63. The zero-order valence-corrected chi connectivity index (χ0v) is 9.69. The fourth-order valence-electron chi connectivity index (χ4n) is 0.659. The molecule has 0 aliphatic rings. The molecule has 0 saturated heterocycles. The maximum Gasteiger partial charge on any atom is 1.00 e. The Labute approximate surface area is 113 Å². The predicted octanol–water partition coefficient (Wildman–Crippen LogP) is -1.58. The first-order valence-electron chi connectivity index (χ1n) is 2.92. The third-order valence-corrected chi connectivity index (χ3v) is 1.20. The topological polar surface area (TPSA) is 12.9 Å². The molecule has 0 aliphatic carbocycles. The summed E-state index contributed by atoms with van der Waals surface area (Å²) in [5.74, 6) is -2.90. The first-order valence-corrected chi connectivity index (χ1v) is 2.92. The maximum atomic E-state index is 12.4. The maximum absolute atomic E-state index is 12.4. The van der Waals surface area contributed by atoms with Crippen molar-refractivity contribution in [2.45, 2.75) is 0 Å². The molecule has 0 unspecified atom stereocenters. The van der Waals surface area contributed by atoms with E-state index >= 15 is 0 Å². The molecule has 1 nitrogen and oxygen atoms in total. The summed E-state index contributed by atoms with van der Waals surface area (Å²) in [6.07, 6.45) is 0.144. The van der Waals surface area contributed by atoms with Gasteiger partial charge in [-0.25, -0.2) is 9.37 Å². The molecule has 0 N–H and O–H groups in total. The molecule has 1 aromatic rings. The smallest absolute Gasteiger partial charge is 0.445 e. The van der Waals surface area contributed by atoms with Crippen LogP contribution in [0.2, 0.25) is 0 Å². The van der Waals surface area contributed by atoms with Crippen LogP contribution < -0.4 is 56.8 Å². The van der Waals surface area contributed by atoms with E-state index in [-0.39, 0.29) is 63.6 Å². The van der Waals surface area contributed by atoms with Crippen LogP contribution in [-0.2, 0) is 0 Å². The van der Waals surface area contributed by atoms with Crippen LogP contribution in [0.15, 0.2) is 12.3 Å². The van der Waals surface area contributed by atoms with Crippen LogP contribution in [0.1, 0.15) is 0 Å². The van der Waals surface area contributed by atoms with Gasteiger partial charge in [-0.15, -0.1) is 0 Å². The van der Waals surface area contributed by atoms with Gasteiger partial charge in [0.05, 0.1) is 0 Å². The van der Waals surface area contributed by atoms with E-state index in [0.717, 1.165) is 0 Å². The van der Waals surface area contributed by atoms with Gasteiger partial charge in [0.2, 0.25) is 5.95 Å². The van der Waals surface area contributed by atoms with Gasteiger partial charge in [-0.3, -0.25) is 0 Å². The number of hydrogen-bond acceptors (Lipinski definition) is 1. The van der Waals surface area contributed by atoms with Crippen molar-refractivity contribution >= 4 is 12.4 Å². The van der Waals surface area contributed by atoms with Crippen LogP contribution in [0, 0.1) is 11.8 Å². The molecule has 0 amide bonds. The molecule has 0 aromatic carbocycles. The standard InChI is InChI=1S/C5H2BF5N.K/c7-4-1-5(8)12-2-3(4)6(9,10)11;/h1-2H;/q-1;+1. The molecule has 8 heteroatoms. The Morgan fingerprint density at radius 1 is 1.15 bits per heavy atom. The SMILES string of the molecule is Fc1cc(F)c([B-](F)(F)F)cn1.[K+]. The van der Waals surface area contributed by atoms with Crippen molar-refractivity contribution in [3.63, 3.8) is 0 Å². The van der Waals surface area contributed by atoms with Gasteiger partial charge in [0.1, 0.15) is 5.82 Å². The van der Waals surface area contributed by atoms with Crippen molar-refractivity contribution in [2.24, 2.45) is 0 Å². The van der Waals surface area contributed by atoms with Crippen molar-refractivity contribution in [3.8, 4) is 0 Å². The van der Waals surface area contributed by atoms with Gasteiger partial charge in [-0.2, -0.15) is 4.39 Å². The fraction of sp³-hybridized carbons (Fsp3) is 0. The number of aromatic nitrogens is 1. The molecule has 1 heterocycles. The average molecular weight is 221 g/mol. The molecule has 1 aromatic heterocycles. The summed E-state index contributed by atoms with van der Waals surface area (Å²) in [6, 6.07) is 0.102. The molecular formula is C5H2BF5KN. The van der Waals surface area contributed by atoms with Gasteiger partial charge >= 0.3 is 58.4 Å². The van der Waals surface area contributed by atoms with Crippen LogP contribution >= 0.6 is 0 Å². The van der Waals surface area contributed by atoms with E-state index in [0.29, 0.717) is 0 Å². The molecule has 0 spiro atoms. The van der Waals surface area contributed by atoms with E-state index in [1.165, 1.54) is 0 Å². The number of pyridine rings is 1. The predicted molar refractivity (Wildman–Crippen MR) is 32.9 cm³/mol. The molecule has 0 atom stereocenters. The third-order valence-electron chi connectivity index (χ3n) is 1.20. The van der Waals surface area contributed by atoms with Crippen LogP contribution in [0.25, 0.3) is 0 Å². The molecule has 13 heavy (non-hydrogen) atoms. The van der Waals surface area contributed by atoms with Gasteiger partial charge in [0, 0.05) is 12.3 Å². The van der Waals surface area contributed by atoms with Crippen molar-refractivity contribution in [1.29, 1.82) is 0 Å². The Kier molecular flexibility index (Phi) is 5.02. The van der Waals surface area contributed by atoms with Crippen LogP contribution in [0.3, 0.4) is 0 Å². The van der Waals surface area contributed by atoms with E-state index in [4.69, 9.17) is 0 Å². The summed E-state index contributed by atoms with van der Waals surface area (Å²) in [5.41, 5.74) is -1.50. The van der Waals surface area contributed by atoms with Crippen molar-refractivity contribution in [2.75, 3.05) is 0 Å². The minimum Gasteiger partial charge on any atom is -0.445 e. The van der Waals surface area contributed by atoms with Crippen molar-refractivity contribution in [3.05, 3.63) is 24.0 Å². The van der Waals surface area contributed by atoms with Crippen LogP contribution in [0.5, 0.6) is 0 Å². The van der Waals surface area contributed by atoms with Crippen LogP contribution in [0.4, 0.5) is 21.7 Å². The van der Waals surface area contributed by atoms with Crippen LogP contribution in [-0.4, -0.2) is 12.0 Å². The van der Waals surface area contributed by atoms with E-state index in [1.807, 2.05) is 0 Å². The Balaban J connectivity index is 0.00000144. The molecule has 0 radical (unpaired) electrons. The fourth-order valence-corrected chi connectivity index (χ4v) is 0.659. The first kappa shape index (κ1) is 13.5. The van der Waals surface area contributed by atoms with Crippen molar-refractivity contribution in [1.82, 2.24) is 4.98 Å². The van der Waals surface area contributed by atoms with Gasteiger partial charge in [0.15, 0.2) is 0 Å².